The van der Waals surface area contributed by atoms with Crippen molar-refractivity contribution in [3.05, 3.63) is 180 Å². The van der Waals surface area contributed by atoms with Crippen molar-refractivity contribution in [1.29, 1.82) is 0 Å². The minimum Gasteiger partial charge on any atom is -0.322 e. The van der Waals surface area contributed by atoms with Crippen LogP contribution in [0.4, 0.5) is 11.4 Å². The molecule has 0 saturated heterocycles. The molecule has 0 radical (unpaired) electrons. The van der Waals surface area contributed by atoms with E-state index in [-0.39, 0.29) is 21.6 Å². The molecule has 61 heavy (non-hydrogen) atoms. The van der Waals surface area contributed by atoms with E-state index in [4.69, 9.17) is 19.9 Å². The number of amides is 2. The summed E-state index contributed by atoms with van der Waals surface area (Å²) in [5.41, 5.74) is 11.4. The summed E-state index contributed by atoms with van der Waals surface area (Å²) in [4.78, 5) is 46.9. The zero-order valence-corrected chi connectivity index (χ0v) is 32.8. The van der Waals surface area contributed by atoms with Crippen molar-refractivity contribution in [3.63, 3.8) is 0 Å². The molecule has 2 aromatic heterocycles. The highest BCUT2D eigenvalue weighted by Gasteiger charge is 2.40. The first-order chi connectivity index (χ1) is 29.8. The number of carbonyl (C=O) groups is 2. The van der Waals surface area contributed by atoms with Crippen molar-refractivity contribution in [2.24, 2.45) is 11.8 Å². The van der Waals surface area contributed by atoms with Crippen molar-refractivity contribution in [3.8, 4) is 22.5 Å². The molecule has 0 aliphatic heterocycles. The Hall–Kier alpha value is -7.89. The third-order valence-electron chi connectivity index (χ3n) is 11.9. The molecule has 0 saturated carbocycles. The molecule has 2 unspecified atom stereocenters. The lowest BCUT2D eigenvalue weighted by Crippen LogP contribution is -2.14. The number of anilines is 2. The highest BCUT2D eigenvalue weighted by atomic mass is 32.2. The van der Waals surface area contributed by atoms with E-state index >= 15 is 0 Å². The van der Waals surface area contributed by atoms with Crippen LogP contribution in [0.1, 0.15) is 32.1 Å². The topological polar surface area (TPSA) is 144 Å². The Morgan fingerprint density at radius 2 is 0.984 bits per heavy atom. The molecule has 11 heteroatoms. The molecular formula is C50H30N6O4S. The van der Waals surface area contributed by atoms with Gasteiger partial charge in [0.15, 0.2) is 0 Å². The Bertz CT molecular complexity index is 3570. The summed E-state index contributed by atoms with van der Waals surface area (Å²) in [5.74, 6) is -0.392. The first kappa shape index (κ1) is 35.1. The second kappa shape index (κ2) is 13.1. The van der Waals surface area contributed by atoms with Crippen LogP contribution in [0.15, 0.2) is 168 Å². The summed E-state index contributed by atoms with van der Waals surface area (Å²) in [5, 5.41) is 7.93. The van der Waals surface area contributed by atoms with Crippen molar-refractivity contribution < 1.29 is 18.0 Å². The number of allylic oxidation sites excluding steroid dienone is 8. The number of fused-ring (bicyclic) bond motifs is 8. The molecule has 12 rings (SSSR count). The molecule has 6 aromatic carbocycles. The molecule has 4 aliphatic rings. The van der Waals surface area contributed by atoms with Gasteiger partial charge in [-0.25, -0.2) is 28.4 Å². The second-order valence-corrected chi connectivity index (χ2v) is 17.4. The summed E-state index contributed by atoms with van der Waals surface area (Å²) >= 11 is 0. The predicted molar refractivity (Wildman–Crippen MR) is 236 cm³/mol. The van der Waals surface area contributed by atoms with Crippen LogP contribution in [0.5, 0.6) is 0 Å². The second-order valence-electron chi connectivity index (χ2n) is 15.5. The number of sulfone groups is 1. The van der Waals surface area contributed by atoms with Crippen LogP contribution in [0.3, 0.4) is 0 Å². The number of hydrogen-bond acceptors (Lipinski definition) is 8. The van der Waals surface area contributed by atoms with Crippen molar-refractivity contribution >= 4 is 77.0 Å². The molecule has 10 nitrogen and oxygen atoms in total. The highest BCUT2D eigenvalue weighted by Crippen LogP contribution is 2.51. The molecular weight excluding hydrogens is 781 g/mol. The van der Waals surface area contributed by atoms with Crippen LogP contribution in [0, 0.1) is 11.8 Å². The van der Waals surface area contributed by atoms with Gasteiger partial charge in [0.2, 0.25) is 9.84 Å². The Morgan fingerprint density at radius 3 is 1.52 bits per heavy atom. The molecule has 8 aromatic rings. The van der Waals surface area contributed by atoms with Crippen LogP contribution < -0.4 is 10.6 Å². The van der Waals surface area contributed by atoms with Gasteiger partial charge in [-0.1, -0.05) is 85.0 Å². The van der Waals surface area contributed by atoms with Crippen LogP contribution in [-0.2, 0) is 9.84 Å². The first-order valence-electron chi connectivity index (χ1n) is 19.8. The average Bonchev–Trinajstić information content (AvgIpc) is 3.77. The minimum atomic E-state index is -4.07. The van der Waals surface area contributed by atoms with Gasteiger partial charge in [-0.05, 0) is 89.3 Å². The summed E-state index contributed by atoms with van der Waals surface area (Å²) in [6.07, 6.45) is 12.7. The van der Waals surface area contributed by atoms with E-state index in [0.29, 0.717) is 44.6 Å². The van der Waals surface area contributed by atoms with E-state index in [0.717, 1.165) is 55.8 Å². The van der Waals surface area contributed by atoms with Crippen LogP contribution in [-0.4, -0.2) is 40.2 Å². The van der Waals surface area contributed by atoms with Gasteiger partial charge in [-0.2, -0.15) is 0 Å². The van der Waals surface area contributed by atoms with Crippen LogP contribution in [0.2, 0.25) is 0 Å². The van der Waals surface area contributed by atoms with Gasteiger partial charge in [0.1, 0.15) is 0 Å². The molecule has 290 valence electrons. The fourth-order valence-corrected chi connectivity index (χ4v) is 10.4. The van der Waals surface area contributed by atoms with Gasteiger partial charge >= 0.3 is 0 Å². The lowest BCUT2D eigenvalue weighted by atomic mass is 9.78. The van der Waals surface area contributed by atoms with Crippen LogP contribution in [0.25, 0.3) is 66.5 Å². The zero-order chi connectivity index (χ0) is 41.0. The fraction of sp³-hybridized carbons (Fsp3) is 0.0400. The number of rotatable bonds is 6. The molecule has 0 bridgehead atoms. The maximum absolute atomic E-state index is 14.0. The summed E-state index contributed by atoms with van der Waals surface area (Å²) in [7, 11) is -4.07. The van der Waals surface area contributed by atoms with Gasteiger partial charge < -0.3 is 10.6 Å². The standard InChI is InChI=1S/C50H30N6O4S/c57-49(29-19-21-39-41(23-29)55-47-37-17-3-9-27-7-1-15-35(43(27)37)45(47)53-39)51-31-11-5-13-33(25-31)61(59,60)34-14-6-12-32(26-34)52-50(58)30-20-22-40-42(24-30)56-48-38-18-4-10-28-8-2-16-36(44(28)38)46(48)54-40/h1-27,43H,(H,51,57)(H,52,58). The summed E-state index contributed by atoms with van der Waals surface area (Å²) < 4.78 is 28.0. The first-order valence-corrected chi connectivity index (χ1v) is 21.3. The molecule has 4 aliphatic carbocycles. The molecule has 0 fully saturated rings. The number of carbonyl (C=O) groups excluding carboxylic acids is 2. The quantitative estimate of drug-likeness (QED) is 0.169. The summed E-state index contributed by atoms with van der Waals surface area (Å²) in [6, 6.07) is 34.8. The Labute approximate surface area is 348 Å². The van der Waals surface area contributed by atoms with Gasteiger partial charge in [0.05, 0.1) is 54.6 Å². The third kappa shape index (κ3) is 5.51. The fourth-order valence-electron chi connectivity index (χ4n) is 9.03. The largest absolute Gasteiger partial charge is 0.322 e. The van der Waals surface area contributed by atoms with Crippen LogP contribution >= 0.6 is 0 Å². The number of benzene rings is 6. The maximum atomic E-state index is 14.0. The van der Waals surface area contributed by atoms with Gasteiger partial charge in [-0.15, -0.1) is 0 Å². The van der Waals surface area contributed by atoms with E-state index in [1.54, 1.807) is 60.7 Å². The monoisotopic (exact) mass is 810 g/mol. The molecule has 2 heterocycles. The van der Waals surface area contributed by atoms with E-state index in [1.807, 2.05) is 18.2 Å². The lowest BCUT2D eigenvalue weighted by Gasteiger charge is -2.25. The van der Waals surface area contributed by atoms with Gasteiger partial charge in [-0.3, -0.25) is 9.59 Å². The van der Waals surface area contributed by atoms with Gasteiger partial charge in [0, 0.05) is 50.9 Å². The van der Waals surface area contributed by atoms with E-state index in [1.165, 1.54) is 24.3 Å². The lowest BCUT2D eigenvalue weighted by molar-refractivity contribution is 0.101. The minimum absolute atomic E-state index is 0.0226. The van der Waals surface area contributed by atoms with E-state index in [9.17, 15) is 18.0 Å². The Balaban J connectivity index is 0.775. The molecule has 2 atom stereocenters. The molecule has 2 N–H and O–H groups in total. The van der Waals surface area contributed by atoms with Crippen molar-refractivity contribution in [2.45, 2.75) is 9.79 Å². The van der Waals surface area contributed by atoms with Gasteiger partial charge in [0.25, 0.3) is 11.8 Å². The number of nitrogens with zero attached hydrogens (tertiary/aromatic N) is 4. The Kier molecular flexibility index (Phi) is 7.51. The van der Waals surface area contributed by atoms with Crippen molar-refractivity contribution in [1.82, 2.24) is 19.9 Å². The SMILES string of the molecule is O=C(Nc1cccc(S(=O)(=O)c2cccc(NC(=O)c3ccc4nc5c(nc4c3)-c3cccc4cccc-5c34)c2)c1)c1ccc2nc3c(nc2c1)C1=CC=CC2C=CC=C3C12. The number of nitrogens with one attached hydrogen (secondary N) is 2. The smallest absolute Gasteiger partial charge is 0.255 e. The Morgan fingerprint density at radius 1 is 0.508 bits per heavy atom. The average molecular weight is 811 g/mol. The normalized spacial score (nSPS) is 16.5. The zero-order valence-electron chi connectivity index (χ0n) is 32.0. The predicted octanol–water partition coefficient (Wildman–Crippen LogP) is 9.86. The molecule has 2 amide bonds. The number of aromatic nitrogens is 4. The van der Waals surface area contributed by atoms with Crippen molar-refractivity contribution in [2.75, 3.05) is 10.6 Å². The summed E-state index contributed by atoms with van der Waals surface area (Å²) in [6.45, 7) is 0. The molecule has 0 spiro atoms. The maximum Gasteiger partial charge on any atom is 0.255 e. The number of hydrogen-bond donors (Lipinski definition) is 2. The third-order valence-corrected chi connectivity index (χ3v) is 13.6. The highest BCUT2D eigenvalue weighted by molar-refractivity contribution is 7.91. The van der Waals surface area contributed by atoms with E-state index in [2.05, 4.69) is 65.3 Å². The van der Waals surface area contributed by atoms with E-state index < -0.39 is 21.7 Å².